The Bertz CT molecular complexity index is 639. The van der Waals surface area contributed by atoms with Gasteiger partial charge in [0.1, 0.15) is 17.3 Å². The number of ether oxygens (including phenoxy) is 1. The molecular formula is C15H15BrClFN2O. The van der Waals surface area contributed by atoms with Crippen molar-refractivity contribution in [3.63, 3.8) is 0 Å². The molecule has 0 aliphatic carbocycles. The second-order valence-electron chi connectivity index (χ2n) is 4.70. The van der Waals surface area contributed by atoms with Crippen molar-refractivity contribution in [2.45, 2.75) is 25.8 Å². The molecule has 2 aromatic rings. The topological polar surface area (TPSA) is 48.1 Å². The number of pyridine rings is 1. The van der Waals surface area contributed by atoms with E-state index in [1.807, 2.05) is 13.0 Å². The molecule has 0 amide bonds. The number of aromatic nitrogens is 1. The average molecular weight is 374 g/mol. The predicted octanol–water partition coefficient (Wildman–Crippen LogP) is 4.71. The van der Waals surface area contributed by atoms with Gasteiger partial charge in [-0.25, -0.2) is 4.39 Å². The van der Waals surface area contributed by atoms with Crippen LogP contribution in [-0.4, -0.2) is 11.0 Å². The van der Waals surface area contributed by atoms with Crippen LogP contribution in [0.25, 0.3) is 0 Å². The van der Waals surface area contributed by atoms with Gasteiger partial charge in [-0.3, -0.25) is 4.98 Å². The highest BCUT2D eigenvalue weighted by Crippen LogP contribution is 2.33. The quantitative estimate of drug-likeness (QED) is 0.772. The average Bonchev–Trinajstić information content (AvgIpc) is 2.45. The first-order valence-electron chi connectivity index (χ1n) is 6.51. The van der Waals surface area contributed by atoms with Gasteiger partial charge in [0.25, 0.3) is 0 Å². The molecule has 2 rings (SSSR count). The fourth-order valence-electron chi connectivity index (χ4n) is 1.79. The van der Waals surface area contributed by atoms with Gasteiger partial charge in [-0.2, -0.15) is 0 Å². The monoisotopic (exact) mass is 372 g/mol. The minimum Gasteiger partial charge on any atom is -0.454 e. The Morgan fingerprint density at radius 3 is 2.86 bits per heavy atom. The molecule has 0 aliphatic heterocycles. The summed E-state index contributed by atoms with van der Waals surface area (Å²) in [5.41, 5.74) is 6.91. The first-order valence-corrected chi connectivity index (χ1v) is 7.68. The summed E-state index contributed by atoms with van der Waals surface area (Å²) >= 11 is 8.99. The van der Waals surface area contributed by atoms with Crippen molar-refractivity contribution < 1.29 is 9.13 Å². The van der Waals surface area contributed by atoms with E-state index in [4.69, 9.17) is 22.1 Å². The largest absolute Gasteiger partial charge is 0.454 e. The van der Waals surface area contributed by atoms with Gasteiger partial charge in [-0.05, 0) is 46.5 Å². The molecule has 112 valence electrons. The molecule has 0 saturated carbocycles. The van der Waals surface area contributed by atoms with Crippen LogP contribution in [0.2, 0.25) is 5.02 Å². The second kappa shape index (κ2) is 7.20. The first-order chi connectivity index (χ1) is 9.99. The van der Waals surface area contributed by atoms with Crippen molar-refractivity contribution in [2.75, 3.05) is 0 Å². The third kappa shape index (κ3) is 4.40. The van der Waals surface area contributed by atoms with E-state index in [0.29, 0.717) is 16.0 Å². The molecule has 1 aromatic heterocycles. The molecule has 2 N–H and O–H groups in total. The van der Waals surface area contributed by atoms with Gasteiger partial charge >= 0.3 is 0 Å². The molecule has 3 nitrogen and oxygen atoms in total. The summed E-state index contributed by atoms with van der Waals surface area (Å²) in [5, 5.41) is 0.0371. The van der Waals surface area contributed by atoms with E-state index in [1.165, 1.54) is 12.1 Å². The van der Waals surface area contributed by atoms with Gasteiger partial charge in [-0.1, -0.05) is 18.5 Å². The molecular weight excluding hydrogens is 359 g/mol. The third-order valence-electron chi connectivity index (χ3n) is 2.99. The number of rotatable bonds is 5. The summed E-state index contributed by atoms with van der Waals surface area (Å²) in [5.74, 6) is 0.334. The molecule has 1 unspecified atom stereocenters. The molecule has 1 aromatic carbocycles. The lowest BCUT2D eigenvalue weighted by Crippen LogP contribution is -2.21. The standard InChI is InChI=1S/C15H15BrClFN2O/c1-2-10(19)3-9-4-11(8-20-7-9)21-15-6-14(18)13(17)5-12(15)16/h4-8,10H,2-3,19H2,1H3. The van der Waals surface area contributed by atoms with Crippen molar-refractivity contribution in [3.05, 3.63) is 51.5 Å². The van der Waals surface area contributed by atoms with E-state index >= 15 is 0 Å². The zero-order valence-corrected chi connectivity index (χ0v) is 13.8. The Balaban J connectivity index is 2.20. The number of nitrogens with zero attached hydrogens (tertiary/aromatic N) is 1. The summed E-state index contributed by atoms with van der Waals surface area (Å²) in [6.45, 7) is 2.03. The molecule has 1 heterocycles. The fourth-order valence-corrected chi connectivity index (χ4v) is 2.51. The number of nitrogens with two attached hydrogens (primary N) is 1. The minimum atomic E-state index is -0.535. The van der Waals surface area contributed by atoms with E-state index in [2.05, 4.69) is 20.9 Å². The third-order valence-corrected chi connectivity index (χ3v) is 3.90. The Morgan fingerprint density at radius 2 is 2.14 bits per heavy atom. The van der Waals surface area contributed by atoms with E-state index in [0.717, 1.165) is 18.4 Å². The molecule has 6 heteroatoms. The summed E-state index contributed by atoms with van der Waals surface area (Å²) < 4.78 is 19.7. The Labute approximate surface area is 136 Å². The normalized spacial score (nSPS) is 12.2. The maximum atomic E-state index is 13.5. The summed E-state index contributed by atoms with van der Waals surface area (Å²) in [4.78, 5) is 4.12. The number of benzene rings is 1. The molecule has 0 spiro atoms. The predicted molar refractivity (Wildman–Crippen MR) is 85.4 cm³/mol. The maximum Gasteiger partial charge on any atom is 0.146 e. The van der Waals surface area contributed by atoms with Crippen LogP contribution in [0.15, 0.2) is 35.1 Å². The zero-order valence-electron chi connectivity index (χ0n) is 11.4. The Hall–Kier alpha value is -1.17. The van der Waals surface area contributed by atoms with Crippen molar-refractivity contribution in [3.8, 4) is 11.5 Å². The van der Waals surface area contributed by atoms with Crippen molar-refractivity contribution >= 4 is 27.5 Å². The lowest BCUT2D eigenvalue weighted by Gasteiger charge is -2.11. The van der Waals surface area contributed by atoms with Crippen molar-refractivity contribution in [1.82, 2.24) is 4.98 Å². The van der Waals surface area contributed by atoms with E-state index in [9.17, 15) is 4.39 Å². The fraction of sp³-hybridized carbons (Fsp3) is 0.267. The van der Waals surface area contributed by atoms with Crippen LogP contribution in [0.1, 0.15) is 18.9 Å². The van der Waals surface area contributed by atoms with Crippen molar-refractivity contribution in [2.24, 2.45) is 5.73 Å². The summed E-state index contributed by atoms with van der Waals surface area (Å²) in [6, 6.07) is 4.62. The van der Waals surface area contributed by atoms with E-state index in [1.54, 1.807) is 12.4 Å². The van der Waals surface area contributed by atoms with Gasteiger partial charge in [0, 0.05) is 18.3 Å². The zero-order chi connectivity index (χ0) is 15.4. The minimum absolute atomic E-state index is 0.0371. The smallest absolute Gasteiger partial charge is 0.146 e. The number of hydrogen-bond donors (Lipinski definition) is 1. The lowest BCUT2D eigenvalue weighted by molar-refractivity contribution is 0.470. The highest BCUT2D eigenvalue weighted by molar-refractivity contribution is 9.10. The Morgan fingerprint density at radius 1 is 1.38 bits per heavy atom. The van der Waals surface area contributed by atoms with E-state index in [-0.39, 0.29) is 11.1 Å². The van der Waals surface area contributed by atoms with Gasteiger partial charge in [0.15, 0.2) is 0 Å². The molecule has 0 saturated heterocycles. The van der Waals surface area contributed by atoms with Crippen LogP contribution in [0.4, 0.5) is 4.39 Å². The van der Waals surface area contributed by atoms with Crippen LogP contribution in [-0.2, 0) is 6.42 Å². The number of hydrogen-bond acceptors (Lipinski definition) is 3. The molecule has 0 radical (unpaired) electrons. The van der Waals surface area contributed by atoms with Crippen LogP contribution < -0.4 is 10.5 Å². The first kappa shape index (κ1) is 16.2. The molecule has 1 atom stereocenters. The van der Waals surface area contributed by atoms with Gasteiger partial charge < -0.3 is 10.5 Å². The second-order valence-corrected chi connectivity index (χ2v) is 5.96. The highest BCUT2D eigenvalue weighted by Gasteiger charge is 2.10. The van der Waals surface area contributed by atoms with Gasteiger partial charge in [-0.15, -0.1) is 0 Å². The SMILES string of the molecule is CCC(N)Cc1cncc(Oc2cc(F)c(Cl)cc2Br)c1. The van der Waals surface area contributed by atoms with Crippen LogP contribution in [0.5, 0.6) is 11.5 Å². The van der Waals surface area contributed by atoms with Crippen LogP contribution in [0.3, 0.4) is 0 Å². The van der Waals surface area contributed by atoms with Crippen molar-refractivity contribution in [1.29, 1.82) is 0 Å². The molecule has 0 bridgehead atoms. The summed E-state index contributed by atoms with van der Waals surface area (Å²) in [7, 11) is 0. The molecule has 0 aliphatic rings. The molecule has 21 heavy (non-hydrogen) atoms. The van der Waals surface area contributed by atoms with Crippen LogP contribution >= 0.6 is 27.5 Å². The number of halogens is 3. The summed E-state index contributed by atoms with van der Waals surface area (Å²) in [6.07, 6.45) is 4.93. The lowest BCUT2D eigenvalue weighted by atomic mass is 10.1. The highest BCUT2D eigenvalue weighted by atomic mass is 79.9. The van der Waals surface area contributed by atoms with Gasteiger partial charge in [0.05, 0.1) is 15.7 Å². The molecule has 0 fully saturated rings. The van der Waals surface area contributed by atoms with Crippen LogP contribution in [0, 0.1) is 5.82 Å². The van der Waals surface area contributed by atoms with E-state index < -0.39 is 5.82 Å². The van der Waals surface area contributed by atoms with Gasteiger partial charge in [0.2, 0.25) is 0 Å². The Kier molecular flexibility index (Phi) is 5.56. The maximum absolute atomic E-state index is 13.5.